The van der Waals surface area contributed by atoms with E-state index in [4.69, 9.17) is 0 Å². The zero-order chi connectivity index (χ0) is 12.5. The highest BCUT2D eigenvalue weighted by Gasteiger charge is 2.39. The number of pyridine rings is 1. The molecule has 98 valence electrons. The third-order valence-electron chi connectivity index (χ3n) is 4.85. The third kappa shape index (κ3) is 2.18. The van der Waals surface area contributed by atoms with Crippen molar-refractivity contribution in [3.8, 4) is 0 Å². The first-order chi connectivity index (χ1) is 8.76. The van der Waals surface area contributed by atoms with Gasteiger partial charge >= 0.3 is 0 Å². The molecule has 3 nitrogen and oxygen atoms in total. The van der Waals surface area contributed by atoms with E-state index in [1.165, 1.54) is 37.9 Å². The highest BCUT2D eigenvalue weighted by molar-refractivity contribution is 5.54. The van der Waals surface area contributed by atoms with E-state index in [1.807, 2.05) is 19.4 Å². The normalized spacial score (nSPS) is 29.6. The molecule has 1 N–H and O–H groups in total. The Morgan fingerprint density at radius 1 is 1.33 bits per heavy atom. The minimum absolute atomic E-state index is 0.909. The molecule has 0 spiro atoms. The zero-order valence-electron chi connectivity index (χ0n) is 11.4. The largest absolute Gasteiger partial charge is 0.387 e. The average molecular weight is 245 g/mol. The summed E-state index contributed by atoms with van der Waals surface area (Å²) in [5.41, 5.74) is 2.32. The van der Waals surface area contributed by atoms with E-state index in [1.54, 1.807) is 0 Å². The maximum Gasteiger partial charge on any atom is 0.0570 e. The standard InChI is InChI=1S/C15H23N3/c1-16-14-7-15(9-17-8-14)18(2)10-13-6-11-3-4-12(13)5-11/h7-9,11-13,16H,3-6,10H2,1-2H3. The van der Waals surface area contributed by atoms with Gasteiger partial charge in [0, 0.05) is 20.6 Å². The molecular formula is C15H23N3. The number of rotatable bonds is 4. The van der Waals surface area contributed by atoms with Gasteiger partial charge in [0.1, 0.15) is 0 Å². The van der Waals surface area contributed by atoms with Crippen molar-refractivity contribution in [2.24, 2.45) is 17.8 Å². The smallest absolute Gasteiger partial charge is 0.0570 e. The molecule has 2 aliphatic rings. The minimum atomic E-state index is 0.909. The van der Waals surface area contributed by atoms with Crippen molar-refractivity contribution < 1.29 is 0 Å². The van der Waals surface area contributed by atoms with Gasteiger partial charge in [0.25, 0.3) is 0 Å². The van der Waals surface area contributed by atoms with Crippen LogP contribution in [-0.2, 0) is 0 Å². The Labute approximate surface area is 110 Å². The molecular weight excluding hydrogens is 222 g/mol. The van der Waals surface area contributed by atoms with Crippen LogP contribution in [0.3, 0.4) is 0 Å². The fourth-order valence-electron chi connectivity index (χ4n) is 3.83. The lowest BCUT2D eigenvalue weighted by Gasteiger charge is -2.28. The monoisotopic (exact) mass is 245 g/mol. The fraction of sp³-hybridized carbons (Fsp3) is 0.667. The van der Waals surface area contributed by atoms with Gasteiger partial charge in [-0.15, -0.1) is 0 Å². The Bertz CT molecular complexity index is 418. The summed E-state index contributed by atoms with van der Waals surface area (Å²) >= 11 is 0. The minimum Gasteiger partial charge on any atom is -0.387 e. The highest BCUT2D eigenvalue weighted by atomic mass is 15.1. The van der Waals surface area contributed by atoms with E-state index in [0.717, 1.165) is 23.4 Å². The quantitative estimate of drug-likeness (QED) is 0.884. The van der Waals surface area contributed by atoms with Gasteiger partial charge < -0.3 is 10.2 Å². The van der Waals surface area contributed by atoms with Gasteiger partial charge in [0.15, 0.2) is 0 Å². The summed E-state index contributed by atoms with van der Waals surface area (Å²) in [5.74, 6) is 2.94. The molecule has 0 aromatic carbocycles. The van der Waals surface area contributed by atoms with Crippen LogP contribution in [0.2, 0.25) is 0 Å². The van der Waals surface area contributed by atoms with Crippen molar-refractivity contribution in [2.75, 3.05) is 30.9 Å². The summed E-state index contributed by atoms with van der Waals surface area (Å²) in [6.07, 6.45) is 9.74. The van der Waals surface area contributed by atoms with Gasteiger partial charge in [0.2, 0.25) is 0 Å². The van der Waals surface area contributed by atoms with Crippen molar-refractivity contribution in [2.45, 2.75) is 25.7 Å². The van der Waals surface area contributed by atoms with E-state index < -0.39 is 0 Å². The molecule has 3 atom stereocenters. The van der Waals surface area contributed by atoms with Gasteiger partial charge in [-0.1, -0.05) is 6.42 Å². The van der Waals surface area contributed by atoms with Crippen LogP contribution in [0.15, 0.2) is 18.5 Å². The van der Waals surface area contributed by atoms with E-state index in [9.17, 15) is 0 Å². The lowest BCUT2D eigenvalue weighted by atomic mass is 9.88. The van der Waals surface area contributed by atoms with Gasteiger partial charge in [0.05, 0.1) is 23.8 Å². The van der Waals surface area contributed by atoms with Crippen LogP contribution in [-0.4, -0.2) is 25.6 Å². The van der Waals surface area contributed by atoms with Crippen molar-refractivity contribution in [3.63, 3.8) is 0 Å². The first-order valence-electron chi connectivity index (χ1n) is 7.10. The average Bonchev–Trinajstić information content (AvgIpc) is 3.01. The zero-order valence-corrected chi connectivity index (χ0v) is 11.4. The summed E-state index contributed by atoms with van der Waals surface area (Å²) < 4.78 is 0. The first kappa shape index (κ1) is 11.8. The molecule has 0 radical (unpaired) electrons. The predicted molar refractivity (Wildman–Crippen MR) is 76.0 cm³/mol. The fourth-order valence-corrected chi connectivity index (χ4v) is 3.83. The van der Waals surface area contributed by atoms with Crippen LogP contribution in [0.1, 0.15) is 25.7 Å². The maximum absolute atomic E-state index is 4.29. The summed E-state index contributed by atoms with van der Waals surface area (Å²) in [4.78, 5) is 6.67. The Kier molecular flexibility index (Phi) is 3.14. The molecule has 1 aromatic rings. The molecule has 2 saturated carbocycles. The molecule has 0 amide bonds. The maximum atomic E-state index is 4.29. The summed E-state index contributed by atoms with van der Waals surface area (Å²) in [5, 5.41) is 3.15. The highest BCUT2D eigenvalue weighted by Crippen LogP contribution is 2.48. The number of anilines is 2. The summed E-state index contributed by atoms with van der Waals surface area (Å²) in [6.45, 7) is 1.19. The number of nitrogens with zero attached hydrogens (tertiary/aromatic N) is 2. The van der Waals surface area contributed by atoms with Gasteiger partial charge in [-0.2, -0.15) is 0 Å². The van der Waals surface area contributed by atoms with E-state index in [-0.39, 0.29) is 0 Å². The number of fused-ring (bicyclic) bond motifs is 2. The Balaban J connectivity index is 1.65. The molecule has 3 unspecified atom stereocenters. The van der Waals surface area contributed by atoms with E-state index in [2.05, 4.69) is 28.3 Å². The molecule has 2 aliphatic carbocycles. The Hall–Kier alpha value is -1.25. The SMILES string of the molecule is CNc1cncc(N(C)CC2CC3CCC2C3)c1. The summed E-state index contributed by atoms with van der Waals surface area (Å²) in [7, 11) is 4.14. The van der Waals surface area contributed by atoms with Crippen LogP contribution in [0, 0.1) is 17.8 Å². The van der Waals surface area contributed by atoms with Crippen molar-refractivity contribution in [1.82, 2.24) is 4.98 Å². The first-order valence-corrected chi connectivity index (χ1v) is 7.10. The van der Waals surface area contributed by atoms with Crippen LogP contribution in [0.4, 0.5) is 11.4 Å². The molecule has 2 fully saturated rings. The van der Waals surface area contributed by atoms with Crippen LogP contribution >= 0.6 is 0 Å². The predicted octanol–water partition coefficient (Wildman–Crippen LogP) is 3.00. The molecule has 18 heavy (non-hydrogen) atoms. The summed E-state index contributed by atoms with van der Waals surface area (Å²) in [6, 6.07) is 2.18. The van der Waals surface area contributed by atoms with E-state index >= 15 is 0 Å². The van der Waals surface area contributed by atoms with Gasteiger partial charge in [-0.05, 0) is 43.1 Å². The Morgan fingerprint density at radius 3 is 2.89 bits per heavy atom. The number of hydrogen-bond donors (Lipinski definition) is 1. The molecule has 3 rings (SSSR count). The molecule has 1 heterocycles. The molecule has 1 aromatic heterocycles. The van der Waals surface area contributed by atoms with Gasteiger partial charge in [-0.3, -0.25) is 4.98 Å². The number of nitrogens with one attached hydrogen (secondary N) is 1. The third-order valence-corrected chi connectivity index (χ3v) is 4.85. The van der Waals surface area contributed by atoms with Crippen LogP contribution in [0.5, 0.6) is 0 Å². The van der Waals surface area contributed by atoms with Gasteiger partial charge in [-0.25, -0.2) is 0 Å². The second kappa shape index (κ2) is 4.79. The molecule has 2 bridgehead atoms. The van der Waals surface area contributed by atoms with E-state index in [0.29, 0.717) is 0 Å². The van der Waals surface area contributed by atoms with Crippen molar-refractivity contribution in [1.29, 1.82) is 0 Å². The van der Waals surface area contributed by atoms with Crippen molar-refractivity contribution in [3.05, 3.63) is 18.5 Å². The van der Waals surface area contributed by atoms with Crippen molar-refractivity contribution >= 4 is 11.4 Å². The lowest BCUT2D eigenvalue weighted by Crippen LogP contribution is -2.28. The number of hydrogen-bond acceptors (Lipinski definition) is 3. The second-order valence-electron chi connectivity index (χ2n) is 6.00. The van der Waals surface area contributed by atoms with Crippen LogP contribution in [0.25, 0.3) is 0 Å². The second-order valence-corrected chi connectivity index (χ2v) is 6.00. The van der Waals surface area contributed by atoms with Crippen LogP contribution < -0.4 is 10.2 Å². The Morgan fingerprint density at radius 2 is 2.22 bits per heavy atom. The number of aromatic nitrogens is 1. The molecule has 0 aliphatic heterocycles. The molecule has 3 heteroatoms. The lowest BCUT2D eigenvalue weighted by molar-refractivity contribution is 0.337. The molecule has 0 saturated heterocycles. The topological polar surface area (TPSA) is 28.2 Å².